The standard InChI is InChI=1S/C25H30N6OS/c1-4-20-21(15-26)24(31-11-5-10-30(3)12-13-31)29-25(22(20)16-27)33-17-19-8-6-18(7-9-19)14-23(32)28-2/h6-9H,4-5,10-14,17H2,1-3H3,(H,28,32). The number of benzene rings is 1. The van der Waals surface area contributed by atoms with E-state index in [0.717, 1.165) is 49.3 Å². The fourth-order valence-corrected chi connectivity index (χ4v) is 4.91. The Morgan fingerprint density at radius 3 is 2.42 bits per heavy atom. The Morgan fingerprint density at radius 1 is 1.09 bits per heavy atom. The summed E-state index contributed by atoms with van der Waals surface area (Å²) in [7, 11) is 3.74. The van der Waals surface area contributed by atoms with E-state index in [1.165, 1.54) is 11.8 Å². The third-order valence-corrected chi connectivity index (χ3v) is 6.93. The van der Waals surface area contributed by atoms with Gasteiger partial charge in [0.2, 0.25) is 5.91 Å². The quantitative estimate of drug-likeness (QED) is 0.632. The van der Waals surface area contributed by atoms with Crippen LogP contribution in [0.2, 0.25) is 0 Å². The van der Waals surface area contributed by atoms with E-state index in [1.807, 2.05) is 31.2 Å². The number of hydrogen-bond acceptors (Lipinski definition) is 7. The minimum Gasteiger partial charge on any atom is -0.359 e. The number of nitriles is 2. The summed E-state index contributed by atoms with van der Waals surface area (Å²) in [5.41, 5.74) is 3.87. The largest absolute Gasteiger partial charge is 0.359 e. The van der Waals surface area contributed by atoms with Crippen molar-refractivity contribution in [1.29, 1.82) is 10.5 Å². The average molecular weight is 463 g/mol. The molecule has 2 heterocycles. The highest BCUT2D eigenvalue weighted by molar-refractivity contribution is 7.98. The molecule has 0 unspecified atom stereocenters. The van der Waals surface area contributed by atoms with Gasteiger partial charge >= 0.3 is 0 Å². The van der Waals surface area contributed by atoms with E-state index in [-0.39, 0.29) is 5.91 Å². The summed E-state index contributed by atoms with van der Waals surface area (Å²) in [6.07, 6.45) is 1.97. The van der Waals surface area contributed by atoms with Crippen molar-refractivity contribution in [2.75, 3.05) is 45.2 Å². The van der Waals surface area contributed by atoms with Crippen molar-refractivity contribution in [2.24, 2.45) is 0 Å². The molecule has 7 nitrogen and oxygen atoms in total. The number of nitrogens with one attached hydrogen (secondary N) is 1. The lowest BCUT2D eigenvalue weighted by Crippen LogP contribution is -2.30. The number of carbonyl (C=O) groups excluding carboxylic acids is 1. The molecule has 0 bridgehead atoms. The first-order valence-electron chi connectivity index (χ1n) is 11.2. The molecule has 1 amide bonds. The summed E-state index contributed by atoms with van der Waals surface area (Å²) in [5.74, 6) is 1.34. The Morgan fingerprint density at radius 2 is 1.79 bits per heavy atom. The monoisotopic (exact) mass is 462 g/mol. The summed E-state index contributed by atoms with van der Waals surface area (Å²) in [4.78, 5) is 20.9. The van der Waals surface area contributed by atoms with Crippen molar-refractivity contribution >= 4 is 23.5 Å². The molecular weight excluding hydrogens is 432 g/mol. The van der Waals surface area contributed by atoms with Gasteiger partial charge in [-0.2, -0.15) is 10.5 Å². The predicted molar refractivity (Wildman–Crippen MR) is 131 cm³/mol. The van der Waals surface area contributed by atoms with Gasteiger partial charge in [0, 0.05) is 32.4 Å². The SMILES string of the molecule is CCc1c(C#N)c(SCc2ccc(CC(=O)NC)cc2)nc(N2CCCN(C)CC2)c1C#N. The van der Waals surface area contributed by atoms with Crippen molar-refractivity contribution in [3.8, 4) is 12.1 Å². The summed E-state index contributed by atoms with van der Waals surface area (Å²) >= 11 is 1.52. The third-order valence-electron chi connectivity index (χ3n) is 5.89. The average Bonchev–Trinajstić information content (AvgIpc) is 3.06. The van der Waals surface area contributed by atoms with Gasteiger partial charge in [-0.1, -0.05) is 31.2 Å². The smallest absolute Gasteiger partial charge is 0.224 e. The first-order valence-corrected chi connectivity index (χ1v) is 12.2. The maximum absolute atomic E-state index is 11.6. The van der Waals surface area contributed by atoms with Crippen LogP contribution in [-0.2, 0) is 23.4 Å². The summed E-state index contributed by atoms with van der Waals surface area (Å²) in [6.45, 7) is 5.57. The topological polar surface area (TPSA) is 96.0 Å². The molecule has 172 valence electrons. The van der Waals surface area contributed by atoms with Gasteiger partial charge in [-0.3, -0.25) is 4.79 Å². The number of anilines is 1. The Bertz CT molecular complexity index is 1070. The second-order valence-corrected chi connectivity index (χ2v) is 9.11. The maximum Gasteiger partial charge on any atom is 0.224 e. The molecular formula is C25H30N6OS. The van der Waals surface area contributed by atoms with E-state index in [0.29, 0.717) is 40.6 Å². The number of nitrogens with zero attached hydrogens (tertiary/aromatic N) is 5. The van der Waals surface area contributed by atoms with Gasteiger partial charge in [0.15, 0.2) is 0 Å². The lowest BCUT2D eigenvalue weighted by molar-refractivity contribution is -0.119. The number of hydrogen-bond donors (Lipinski definition) is 1. The van der Waals surface area contributed by atoms with Crippen molar-refractivity contribution < 1.29 is 4.79 Å². The minimum absolute atomic E-state index is 0.0168. The molecule has 1 aliphatic rings. The van der Waals surface area contributed by atoms with Crippen molar-refractivity contribution in [3.63, 3.8) is 0 Å². The molecule has 1 fully saturated rings. The predicted octanol–water partition coefficient (Wildman–Crippen LogP) is 3.11. The minimum atomic E-state index is -0.0168. The summed E-state index contributed by atoms with van der Waals surface area (Å²) < 4.78 is 0. The molecule has 0 radical (unpaired) electrons. The van der Waals surface area contributed by atoms with E-state index >= 15 is 0 Å². The van der Waals surface area contributed by atoms with Crippen molar-refractivity contribution in [1.82, 2.24) is 15.2 Å². The summed E-state index contributed by atoms with van der Waals surface area (Å²) in [5, 5.41) is 23.1. The number of amides is 1. The van der Waals surface area contributed by atoms with Crippen LogP contribution in [0.15, 0.2) is 29.3 Å². The van der Waals surface area contributed by atoms with Crippen LogP contribution in [0.3, 0.4) is 0 Å². The summed E-state index contributed by atoms with van der Waals surface area (Å²) in [6, 6.07) is 12.6. The highest BCUT2D eigenvalue weighted by atomic mass is 32.2. The van der Waals surface area contributed by atoms with Crippen LogP contribution >= 0.6 is 11.8 Å². The molecule has 0 atom stereocenters. The lowest BCUT2D eigenvalue weighted by Gasteiger charge is -2.25. The molecule has 1 aromatic heterocycles. The molecule has 8 heteroatoms. The molecule has 0 saturated carbocycles. The zero-order valence-corrected chi connectivity index (χ0v) is 20.3. The van der Waals surface area contributed by atoms with E-state index in [4.69, 9.17) is 4.98 Å². The van der Waals surface area contributed by atoms with Gasteiger partial charge in [-0.25, -0.2) is 4.98 Å². The number of aromatic nitrogens is 1. The number of pyridine rings is 1. The maximum atomic E-state index is 11.6. The van der Waals surface area contributed by atoms with E-state index < -0.39 is 0 Å². The van der Waals surface area contributed by atoms with Crippen molar-refractivity contribution in [2.45, 2.75) is 37.0 Å². The molecule has 1 N–H and O–H groups in total. The number of rotatable bonds is 7. The highest BCUT2D eigenvalue weighted by Gasteiger charge is 2.24. The van der Waals surface area contributed by atoms with E-state index in [1.54, 1.807) is 7.05 Å². The number of carbonyl (C=O) groups is 1. The molecule has 3 rings (SSSR count). The van der Waals surface area contributed by atoms with E-state index in [2.05, 4.69) is 34.3 Å². The normalized spacial score (nSPS) is 14.3. The Hall–Kier alpha value is -3.07. The Labute approximate surface area is 200 Å². The second-order valence-electron chi connectivity index (χ2n) is 8.15. The number of thioether (sulfide) groups is 1. The van der Waals surface area contributed by atoms with Crippen LogP contribution in [0, 0.1) is 22.7 Å². The Balaban J connectivity index is 1.88. The molecule has 1 aromatic carbocycles. The van der Waals surface area contributed by atoms with Crippen LogP contribution in [0.5, 0.6) is 0 Å². The van der Waals surface area contributed by atoms with Crippen LogP contribution < -0.4 is 10.2 Å². The van der Waals surface area contributed by atoms with Crippen molar-refractivity contribution in [3.05, 3.63) is 52.1 Å². The number of likely N-dealkylation sites (N-methyl/N-ethyl adjacent to an activating group) is 2. The second kappa shape index (κ2) is 11.7. The molecule has 0 spiro atoms. The van der Waals surface area contributed by atoms with Gasteiger partial charge in [-0.05, 0) is 43.1 Å². The van der Waals surface area contributed by atoms with Crippen LogP contribution in [0.1, 0.15) is 41.2 Å². The molecule has 1 saturated heterocycles. The van der Waals surface area contributed by atoms with Gasteiger partial charge in [0.05, 0.1) is 17.5 Å². The molecule has 0 aliphatic carbocycles. The zero-order chi connectivity index (χ0) is 23.8. The van der Waals surface area contributed by atoms with Crippen LogP contribution in [0.25, 0.3) is 0 Å². The van der Waals surface area contributed by atoms with Gasteiger partial charge in [0.25, 0.3) is 0 Å². The first-order chi connectivity index (χ1) is 16.0. The van der Waals surface area contributed by atoms with Gasteiger partial charge in [-0.15, -0.1) is 11.8 Å². The van der Waals surface area contributed by atoms with Crippen LogP contribution in [-0.4, -0.2) is 56.1 Å². The fraction of sp³-hybridized carbons (Fsp3) is 0.440. The molecule has 33 heavy (non-hydrogen) atoms. The zero-order valence-electron chi connectivity index (χ0n) is 19.5. The Kier molecular flexibility index (Phi) is 8.71. The van der Waals surface area contributed by atoms with Crippen LogP contribution in [0.4, 0.5) is 5.82 Å². The van der Waals surface area contributed by atoms with E-state index in [9.17, 15) is 15.3 Å². The highest BCUT2D eigenvalue weighted by Crippen LogP contribution is 2.33. The lowest BCUT2D eigenvalue weighted by atomic mass is 10.0. The first kappa shape index (κ1) is 24.6. The van der Waals surface area contributed by atoms with Gasteiger partial charge in [0.1, 0.15) is 23.0 Å². The van der Waals surface area contributed by atoms with Gasteiger partial charge < -0.3 is 15.1 Å². The fourth-order valence-electron chi connectivity index (χ4n) is 3.95. The molecule has 1 aliphatic heterocycles. The molecule has 2 aromatic rings. The third kappa shape index (κ3) is 6.04.